The fourth-order valence-corrected chi connectivity index (χ4v) is 4.20. The number of nitrogens with zero attached hydrogens (tertiary/aromatic N) is 2. The highest BCUT2D eigenvalue weighted by Crippen LogP contribution is 2.23. The fraction of sp³-hybridized carbons (Fsp3) is 0.600. The zero-order valence-corrected chi connectivity index (χ0v) is 14.4. The number of hydrogen-bond acceptors (Lipinski definition) is 3. The molecule has 21 heavy (non-hydrogen) atoms. The lowest BCUT2D eigenvalue weighted by Gasteiger charge is -2.37. The second-order valence-corrected chi connectivity index (χ2v) is 7.95. The van der Waals surface area contributed by atoms with Gasteiger partial charge in [0, 0.05) is 37.2 Å². The van der Waals surface area contributed by atoms with Gasteiger partial charge < -0.3 is 0 Å². The van der Waals surface area contributed by atoms with Gasteiger partial charge in [0.05, 0.1) is 4.90 Å². The van der Waals surface area contributed by atoms with E-state index >= 15 is 0 Å². The number of halogens is 1. The van der Waals surface area contributed by atoms with E-state index in [0.717, 1.165) is 25.1 Å². The highest BCUT2D eigenvalue weighted by molar-refractivity contribution is 7.89. The molecule has 6 heteroatoms. The van der Waals surface area contributed by atoms with Crippen LogP contribution in [0.15, 0.2) is 23.1 Å². The summed E-state index contributed by atoms with van der Waals surface area (Å²) in [6.45, 7) is 8.85. The molecule has 4 nitrogen and oxygen atoms in total. The second kappa shape index (κ2) is 6.65. The van der Waals surface area contributed by atoms with Crippen LogP contribution in [0.1, 0.15) is 25.8 Å². The Labute approximate surface area is 132 Å². The topological polar surface area (TPSA) is 40.6 Å². The molecule has 0 spiro atoms. The van der Waals surface area contributed by atoms with Crippen molar-refractivity contribution in [3.63, 3.8) is 0 Å². The van der Waals surface area contributed by atoms with Crippen LogP contribution < -0.4 is 0 Å². The molecule has 2 rings (SSSR count). The first kappa shape index (κ1) is 16.7. The van der Waals surface area contributed by atoms with E-state index in [0.29, 0.717) is 29.0 Å². The molecule has 0 N–H and O–H groups in total. The summed E-state index contributed by atoms with van der Waals surface area (Å²) in [5.74, 6) is 0. The Morgan fingerprint density at radius 2 is 1.86 bits per heavy atom. The minimum atomic E-state index is -3.41. The van der Waals surface area contributed by atoms with E-state index in [9.17, 15) is 8.42 Å². The van der Waals surface area contributed by atoms with E-state index < -0.39 is 10.0 Å². The van der Waals surface area contributed by atoms with E-state index in [1.165, 1.54) is 0 Å². The van der Waals surface area contributed by atoms with Crippen LogP contribution in [0.25, 0.3) is 0 Å². The summed E-state index contributed by atoms with van der Waals surface area (Å²) in [4.78, 5) is 2.68. The van der Waals surface area contributed by atoms with Gasteiger partial charge in [-0.1, -0.05) is 18.5 Å². The zero-order chi connectivity index (χ0) is 15.6. The predicted molar refractivity (Wildman–Crippen MR) is 86.3 cm³/mol. The van der Waals surface area contributed by atoms with Gasteiger partial charge in [-0.15, -0.1) is 0 Å². The molecule has 1 saturated heterocycles. The van der Waals surface area contributed by atoms with Gasteiger partial charge in [-0.25, -0.2) is 8.42 Å². The number of sulfonamides is 1. The molecule has 1 aromatic carbocycles. The molecule has 0 amide bonds. The summed E-state index contributed by atoms with van der Waals surface area (Å²) in [6.07, 6.45) is 1.09. The molecule has 1 fully saturated rings. The third-order valence-corrected chi connectivity index (χ3v) is 6.57. The van der Waals surface area contributed by atoms with Crippen LogP contribution in [0.4, 0.5) is 0 Å². The smallest absolute Gasteiger partial charge is 0.243 e. The van der Waals surface area contributed by atoms with E-state index in [-0.39, 0.29) is 0 Å². The monoisotopic (exact) mass is 330 g/mol. The predicted octanol–water partition coefficient (Wildman–Crippen LogP) is 2.75. The molecule has 1 aromatic rings. The molecule has 1 aliphatic heterocycles. The summed E-state index contributed by atoms with van der Waals surface area (Å²) in [6, 6.07) is 5.40. The van der Waals surface area contributed by atoms with Crippen molar-refractivity contribution >= 4 is 21.6 Å². The van der Waals surface area contributed by atoms with Crippen LogP contribution in [-0.2, 0) is 10.0 Å². The molecular formula is C15H23ClN2O2S. The third kappa shape index (κ3) is 3.59. The van der Waals surface area contributed by atoms with Gasteiger partial charge in [-0.05, 0) is 44.0 Å². The Balaban J connectivity index is 2.13. The third-order valence-electron chi connectivity index (χ3n) is 4.25. The summed E-state index contributed by atoms with van der Waals surface area (Å²) in [5.41, 5.74) is 0.788. The molecule has 1 aliphatic rings. The number of rotatable bonds is 4. The quantitative estimate of drug-likeness (QED) is 0.852. The van der Waals surface area contributed by atoms with Gasteiger partial charge in [0.2, 0.25) is 10.0 Å². The molecule has 0 saturated carbocycles. The van der Waals surface area contributed by atoms with E-state index in [1.54, 1.807) is 22.5 Å². The summed E-state index contributed by atoms with van der Waals surface area (Å²) < 4.78 is 26.9. The van der Waals surface area contributed by atoms with Crippen molar-refractivity contribution in [2.24, 2.45) is 0 Å². The maximum Gasteiger partial charge on any atom is 0.243 e. The van der Waals surface area contributed by atoms with E-state index in [2.05, 4.69) is 18.7 Å². The molecule has 1 heterocycles. The highest BCUT2D eigenvalue weighted by Gasteiger charge is 2.29. The largest absolute Gasteiger partial charge is 0.298 e. The van der Waals surface area contributed by atoms with Crippen LogP contribution >= 0.6 is 11.6 Å². The van der Waals surface area contributed by atoms with Gasteiger partial charge in [-0.2, -0.15) is 4.31 Å². The van der Waals surface area contributed by atoms with Crippen molar-refractivity contribution in [3.05, 3.63) is 28.8 Å². The van der Waals surface area contributed by atoms with Crippen LogP contribution in [0, 0.1) is 6.92 Å². The molecule has 1 atom stereocenters. The first-order chi connectivity index (χ1) is 9.86. The average molecular weight is 331 g/mol. The highest BCUT2D eigenvalue weighted by atomic mass is 35.5. The van der Waals surface area contributed by atoms with Crippen molar-refractivity contribution in [3.8, 4) is 0 Å². The summed E-state index contributed by atoms with van der Waals surface area (Å²) >= 11 is 5.97. The SMILES string of the molecule is CCC(C)N1CCN(S(=O)(=O)c2ccc(Cl)c(C)c2)CC1. The number of aryl methyl sites for hydroxylation is 1. The van der Waals surface area contributed by atoms with Crippen LogP contribution in [0.3, 0.4) is 0 Å². The van der Waals surface area contributed by atoms with E-state index in [4.69, 9.17) is 11.6 Å². The lowest BCUT2D eigenvalue weighted by atomic mass is 10.2. The summed E-state index contributed by atoms with van der Waals surface area (Å²) in [5, 5.41) is 0.593. The Morgan fingerprint density at radius 1 is 1.24 bits per heavy atom. The Hall–Kier alpha value is -0.620. The average Bonchev–Trinajstić information content (AvgIpc) is 2.49. The van der Waals surface area contributed by atoms with Crippen molar-refractivity contribution in [1.29, 1.82) is 0 Å². The molecule has 0 radical (unpaired) electrons. The van der Waals surface area contributed by atoms with Gasteiger partial charge >= 0.3 is 0 Å². The molecular weight excluding hydrogens is 308 g/mol. The molecule has 118 valence electrons. The van der Waals surface area contributed by atoms with Crippen molar-refractivity contribution in [2.75, 3.05) is 26.2 Å². The Morgan fingerprint density at radius 3 is 2.38 bits per heavy atom. The number of hydrogen-bond donors (Lipinski definition) is 0. The van der Waals surface area contributed by atoms with Crippen molar-refractivity contribution in [1.82, 2.24) is 9.21 Å². The normalized spacial score (nSPS) is 19.6. The first-order valence-electron chi connectivity index (χ1n) is 7.36. The molecule has 1 unspecified atom stereocenters. The minimum absolute atomic E-state index is 0.335. The van der Waals surface area contributed by atoms with Crippen LogP contribution in [0.5, 0.6) is 0 Å². The molecule has 0 bridgehead atoms. The number of piperazine rings is 1. The van der Waals surface area contributed by atoms with Crippen LogP contribution in [0.2, 0.25) is 5.02 Å². The molecule has 0 aliphatic carbocycles. The fourth-order valence-electron chi connectivity index (χ4n) is 2.57. The van der Waals surface area contributed by atoms with Crippen LogP contribution in [-0.4, -0.2) is 49.8 Å². The standard InChI is InChI=1S/C15H23ClN2O2S/c1-4-13(3)17-7-9-18(10-8-17)21(19,20)14-5-6-15(16)12(2)11-14/h5-6,11,13H,4,7-10H2,1-3H3. The van der Waals surface area contributed by atoms with Gasteiger partial charge in [0.15, 0.2) is 0 Å². The number of benzene rings is 1. The van der Waals surface area contributed by atoms with Gasteiger partial charge in [-0.3, -0.25) is 4.90 Å². The Bertz CT molecular complexity index is 596. The zero-order valence-electron chi connectivity index (χ0n) is 12.8. The first-order valence-corrected chi connectivity index (χ1v) is 9.18. The maximum atomic E-state index is 12.7. The van der Waals surface area contributed by atoms with Gasteiger partial charge in [0.1, 0.15) is 0 Å². The summed E-state index contributed by atoms with van der Waals surface area (Å²) in [7, 11) is -3.41. The van der Waals surface area contributed by atoms with E-state index in [1.807, 2.05) is 6.92 Å². The minimum Gasteiger partial charge on any atom is -0.298 e. The molecule has 0 aromatic heterocycles. The Kier molecular flexibility index (Phi) is 5.30. The lowest BCUT2D eigenvalue weighted by Crippen LogP contribution is -2.51. The second-order valence-electron chi connectivity index (χ2n) is 5.61. The maximum absolute atomic E-state index is 12.7. The van der Waals surface area contributed by atoms with Crippen molar-refractivity contribution < 1.29 is 8.42 Å². The van der Waals surface area contributed by atoms with Gasteiger partial charge in [0.25, 0.3) is 0 Å². The lowest BCUT2D eigenvalue weighted by molar-refractivity contribution is 0.142. The van der Waals surface area contributed by atoms with Crippen molar-refractivity contribution in [2.45, 2.75) is 38.1 Å².